The molecule has 0 aliphatic heterocycles. The molecule has 0 fully saturated rings. The van der Waals surface area contributed by atoms with Gasteiger partial charge in [0.2, 0.25) is 0 Å². The molecule has 0 bridgehead atoms. The number of Topliss-reactive ketones (excluding diaryl/α,β-unsaturated/α-hetero) is 1. The third kappa shape index (κ3) is 5.75. The van der Waals surface area contributed by atoms with E-state index >= 15 is 0 Å². The van der Waals surface area contributed by atoms with Crippen molar-refractivity contribution in [3.63, 3.8) is 0 Å². The number of hydrogen-bond donors (Lipinski definition) is 0. The summed E-state index contributed by atoms with van der Waals surface area (Å²) in [4.78, 5) is 10.7. The van der Waals surface area contributed by atoms with Crippen molar-refractivity contribution in [3.05, 3.63) is 12.2 Å². The molecule has 0 aromatic rings. The van der Waals surface area contributed by atoms with Crippen molar-refractivity contribution >= 4 is 28.4 Å². The van der Waals surface area contributed by atoms with Crippen molar-refractivity contribution in [2.45, 2.75) is 33.1 Å². The Bertz CT molecular complexity index is 163. The van der Waals surface area contributed by atoms with Gasteiger partial charge in [-0.25, -0.2) is 0 Å². The van der Waals surface area contributed by atoms with Crippen LogP contribution in [0.3, 0.4) is 0 Å². The summed E-state index contributed by atoms with van der Waals surface area (Å²) in [6.45, 7) is 7.64. The number of ketones is 1. The van der Waals surface area contributed by atoms with Gasteiger partial charge >= 0.3 is 0 Å². The molecular formula is C10H17IO. The van der Waals surface area contributed by atoms with Gasteiger partial charge in [-0.15, -0.1) is 0 Å². The molecule has 70 valence electrons. The van der Waals surface area contributed by atoms with Crippen LogP contribution in [0.2, 0.25) is 0 Å². The molecule has 0 N–H and O–H groups in total. The van der Waals surface area contributed by atoms with Gasteiger partial charge in [0.05, 0.1) is 0 Å². The van der Waals surface area contributed by atoms with Crippen molar-refractivity contribution in [2.24, 2.45) is 5.92 Å². The quantitative estimate of drug-likeness (QED) is 0.414. The van der Waals surface area contributed by atoms with Crippen LogP contribution in [0.15, 0.2) is 12.2 Å². The molecule has 1 nitrogen and oxygen atoms in total. The minimum atomic E-state index is 0.287. The monoisotopic (exact) mass is 280 g/mol. The van der Waals surface area contributed by atoms with Gasteiger partial charge in [0, 0.05) is 10.8 Å². The molecular weight excluding hydrogens is 263 g/mol. The van der Waals surface area contributed by atoms with E-state index in [9.17, 15) is 4.79 Å². The highest BCUT2D eigenvalue weighted by Gasteiger charge is 2.09. The topological polar surface area (TPSA) is 17.1 Å². The van der Waals surface area contributed by atoms with E-state index in [1.807, 2.05) is 0 Å². The SMILES string of the molecule is C=C(C)[C@@H](CCI)CCC(C)=O. The normalized spacial score (nSPS) is 12.6. The summed E-state index contributed by atoms with van der Waals surface area (Å²) >= 11 is 2.37. The Morgan fingerprint density at radius 3 is 2.33 bits per heavy atom. The van der Waals surface area contributed by atoms with E-state index in [1.54, 1.807) is 6.92 Å². The maximum atomic E-state index is 10.7. The Morgan fingerprint density at radius 2 is 2.00 bits per heavy atom. The van der Waals surface area contributed by atoms with E-state index in [0.717, 1.165) is 17.3 Å². The Balaban J connectivity index is 3.79. The summed E-state index contributed by atoms with van der Waals surface area (Å²) in [5.41, 5.74) is 1.22. The Labute approximate surface area is 88.8 Å². The average Bonchev–Trinajstić information content (AvgIpc) is 1.96. The van der Waals surface area contributed by atoms with E-state index in [4.69, 9.17) is 0 Å². The summed E-state index contributed by atoms with van der Waals surface area (Å²) in [5.74, 6) is 0.834. The van der Waals surface area contributed by atoms with Crippen LogP contribution >= 0.6 is 22.6 Å². The van der Waals surface area contributed by atoms with Crippen LogP contribution < -0.4 is 0 Å². The third-order valence-corrected chi connectivity index (χ3v) is 2.62. The van der Waals surface area contributed by atoms with Gasteiger partial charge in [0.1, 0.15) is 5.78 Å². The van der Waals surface area contributed by atoms with Crippen molar-refractivity contribution < 1.29 is 4.79 Å². The van der Waals surface area contributed by atoms with E-state index in [0.29, 0.717) is 12.3 Å². The largest absolute Gasteiger partial charge is 0.300 e. The lowest BCUT2D eigenvalue weighted by Gasteiger charge is -2.14. The molecule has 0 spiro atoms. The highest BCUT2D eigenvalue weighted by Crippen LogP contribution is 2.20. The van der Waals surface area contributed by atoms with Crippen LogP contribution in [-0.4, -0.2) is 10.2 Å². The molecule has 0 aromatic carbocycles. The van der Waals surface area contributed by atoms with Crippen LogP contribution in [0.25, 0.3) is 0 Å². The molecule has 0 unspecified atom stereocenters. The minimum absolute atomic E-state index is 0.287. The Morgan fingerprint density at radius 1 is 1.42 bits per heavy atom. The van der Waals surface area contributed by atoms with E-state index in [1.165, 1.54) is 5.57 Å². The second-order valence-electron chi connectivity index (χ2n) is 3.26. The molecule has 0 rings (SSSR count). The fourth-order valence-electron chi connectivity index (χ4n) is 1.15. The van der Waals surface area contributed by atoms with Crippen LogP contribution in [-0.2, 0) is 4.79 Å². The number of alkyl halides is 1. The smallest absolute Gasteiger partial charge is 0.129 e. The first-order chi connectivity index (χ1) is 5.57. The molecule has 1 atom stereocenters. The molecule has 0 saturated heterocycles. The van der Waals surface area contributed by atoms with Crippen LogP contribution in [0.1, 0.15) is 33.1 Å². The summed E-state index contributed by atoms with van der Waals surface area (Å²) in [7, 11) is 0. The average molecular weight is 280 g/mol. The first-order valence-corrected chi connectivity index (χ1v) is 5.81. The fraction of sp³-hybridized carbons (Fsp3) is 0.700. The first kappa shape index (κ1) is 12.1. The first-order valence-electron chi connectivity index (χ1n) is 4.28. The molecule has 0 aliphatic carbocycles. The molecule has 0 radical (unpaired) electrons. The predicted molar refractivity (Wildman–Crippen MR) is 61.7 cm³/mol. The number of hydrogen-bond acceptors (Lipinski definition) is 1. The van der Waals surface area contributed by atoms with E-state index in [2.05, 4.69) is 36.1 Å². The predicted octanol–water partition coefficient (Wildman–Crippen LogP) is 3.37. The summed E-state index contributed by atoms with van der Waals surface area (Å²) in [6.07, 6.45) is 2.84. The maximum absolute atomic E-state index is 10.7. The van der Waals surface area contributed by atoms with Gasteiger partial charge in [-0.2, -0.15) is 0 Å². The Hall–Kier alpha value is 0.140. The van der Waals surface area contributed by atoms with E-state index in [-0.39, 0.29) is 5.78 Å². The van der Waals surface area contributed by atoms with Gasteiger partial charge in [0.25, 0.3) is 0 Å². The zero-order valence-corrected chi connectivity index (χ0v) is 10.1. The van der Waals surface area contributed by atoms with Gasteiger partial charge in [-0.05, 0) is 32.6 Å². The zero-order valence-electron chi connectivity index (χ0n) is 7.90. The highest BCUT2D eigenvalue weighted by atomic mass is 127. The minimum Gasteiger partial charge on any atom is -0.300 e. The van der Waals surface area contributed by atoms with Crippen LogP contribution in [0.5, 0.6) is 0 Å². The molecule has 2 heteroatoms. The summed E-state index contributed by atoms with van der Waals surface area (Å²) < 4.78 is 1.15. The number of carbonyl (C=O) groups is 1. The standard InChI is InChI=1S/C10H17IO/c1-8(2)10(6-7-11)5-4-9(3)12/h10H,1,4-7H2,2-3H3/t10-/m1/s1. The Kier molecular flexibility index (Phi) is 6.71. The maximum Gasteiger partial charge on any atom is 0.129 e. The van der Waals surface area contributed by atoms with Crippen molar-refractivity contribution in [3.8, 4) is 0 Å². The molecule has 0 aliphatic rings. The van der Waals surface area contributed by atoms with Crippen molar-refractivity contribution in [2.75, 3.05) is 4.43 Å². The highest BCUT2D eigenvalue weighted by molar-refractivity contribution is 14.1. The van der Waals surface area contributed by atoms with Gasteiger partial charge in [0.15, 0.2) is 0 Å². The van der Waals surface area contributed by atoms with Crippen molar-refractivity contribution in [1.82, 2.24) is 0 Å². The lowest BCUT2D eigenvalue weighted by Crippen LogP contribution is -2.04. The van der Waals surface area contributed by atoms with Gasteiger partial charge in [-0.3, -0.25) is 0 Å². The number of allylic oxidation sites excluding steroid dienone is 1. The number of halogens is 1. The van der Waals surface area contributed by atoms with Crippen LogP contribution in [0.4, 0.5) is 0 Å². The lowest BCUT2D eigenvalue weighted by atomic mass is 9.93. The fourth-order valence-corrected chi connectivity index (χ4v) is 1.90. The van der Waals surface area contributed by atoms with Gasteiger partial charge in [-0.1, -0.05) is 34.7 Å². The summed E-state index contributed by atoms with van der Waals surface area (Å²) in [5, 5.41) is 0. The lowest BCUT2D eigenvalue weighted by molar-refractivity contribution is -0.117. The van der Waals surface area contributed by atoms with Crippen molar-refractivity contribution in [1.29, 1.82) is 0 Å². The summed E-state index contributed by atoms with van der Waals surface area (Å²) in [6, 6.07) is 0. The molecule has 0 saturated carbocycles. The molecule has 0 heterocycles. The number of carbonyl (C=O) groups excluding carboxylic acids is 1. The number of rotatable bonds is 6. The second-order valence-corrected chi connectivity index (χ2v) is 4.34. The molecule has 12 heavy (non-hydrogen) atoms. The third-order valence-electron chi connectivity index (χ3n) is 2.00. The molecule has 0 amide bonds. The van der Waals surface area contributed by atoms with E-state index < -0.39 is 0 Å². The van der Waals surface area contributed by atoms with Gasteiger partial charge < -0.3 is 4.79 Å². The van der Waals surface area contributed by atoms with Crippen LogP contribution in [0, 0.1) is 5.92 Å². The zero-order chi connectivity index (χ0) is 9.56. The molecule has 0 aromatic heterocycles. The second kappa shape index (κ2) is 6.63.